The Balaban J connectivity index is 2.44. The molecule has 0 amide bonds. The lowest BCUT2D eigenvalue weighted by Crippen LogP contribution is -2.43. The molecule has 0 heterocycles. The van der Waals surface area contributed by atoms with Gasteiger partial charge in [-0.25, -0.2) is 0 Å². The van der Waals surface area contributed by atoms with E-state index in [4.69, 9.17) is 5.11 Å². The minimum atomic E-state index is -0.631. The van der Waals surface area contributed by atoms with Crippen LogP contribution in [0.15, 0.2) is 0 Å². The predicted octanol–water partition coefficient (Wildman–Crippen LogP) is 1.24. The van der Waals surface area contributed by atoms with Gasteiger partial charge in [0.2, 0.25) is 0 Å². The molecule has 3 nitrogen and oxygen atoms in total. The Kier molecular flexibility index (Phi) is 2.73. The van der Waals surface area contributed by atoms with Gasteiger partial charge in [-0.3, -0.25) is 4.79 Å². The molecule has 0 aromatic heterocycles. The zero-order chi connectivity index (χ0) is 9.19. The number of rotatable bonds is 2. The third-order valence-electron chi connectivity index (χ3n) is 3.04. The molecular weight excluding hydrogens is 154 g/mol. The molecule has 0 unspecified atom stereocenters. The van der Waals surface area contributed by atoms with E-state index in [0.29, 0.717) is 0 Å². The minimum Gasteiger partial charge on any atom is -0.481 e. The topological polar surface area (TPSA) is 49.3 Å². The smallest absolute Gasteiger partial charge is 0.306 e. The first-order valence-electron chi connectivity index (χ1n) is 4.49. The standard InChI is InChI=1S/C9H17NO2/c1-9(10-2)5-3-7(4-6-9)8(11)12/h7,10H,3-6H2,1-2H3,(H,11,12). The Morgan fingerprint density at radius 2 is 2.00 bits per heavy atom. The first-order valence-corrected chi connectivity index (χ1v) is 4.49. The summed E-state index contributed by atoms with van der Waals surface area (Å²) < 4.78 is 0. The van der Waals surface area contributed by atoms with Gasteiger partial charge in [-0.05, 0) is 39.7 Å². The first-order chi connectivity index (χ1) is 5.57. The average molecular weight is 171 g/mol. The van der Waals surface area contributed by atoms with Gasteiger partial charge < -0.3 is 10.4 Å². The molecule has 0 aliphatic heterocycles. The molecule has 2 N–H and O–H groups in total. The van der Waals surface area contributed by atoms with Crippen LogP contribution in [0.4, 0.5) is 0 Å². The van der Waals surface area contributed by atoms with E-state index in [1.165, 1.54) is 0 Å². The average Bonchev–Trinajstić information content (AvgIpc) is 2.05. The second-order valence-electron chi connectivity index (χ2n) is 3.92. The van der Waals surface area contributed by atoms with Gasteiger partial charge in [-0.1, -0.05) is 0 Å². The van der Waals surface area contributed by atoms with Gasteiger partial charge in [0, 0.05) is 5.54 Å². The van der Waals surface area contributed by atoms with Crippen molar-refractivity contribution in [2.75, 3.05) is 7.05 Å². The van der Waals surface area contributed by atoms with Crippen LogP contribution in [-0.2, 0) is 4.79 Å². The van der Waals surface area contributed by atoms with Crippen LogP contribution in [0, 0.1) is 5.92 Å². The monoisotopic (exact) mass is 171 g/mol. The van der Waals surface area contributed by atoms with Crippen LogP contribution >= 0.6 is 0 Å². The summed E-state index contributed by atoms with van der Waals surface area (Å²) in [6.45, 7) is 2.16. The number of aliphatic carboxylic acids is 1. The maximum absolute atomic E-state index is 10.6. The van der Waals surface area contributed by atoms with Crippen molar-refractivity contribution in [2.45, 2.75) is 38.1 Å². The van der Waals surface area contributed by atoms with E-state index in [1.54, 1.807) is 0 Å². The Bertz CT molecular complexity index is 171. The van der Waals surface area contributed by atoms with Crippen molar-refractivity contribution in [3.63, 3.8) is 0 Å². The lowest BCUT2D eigenvalue weighted by molar-refractivity contribution is -0.143. The highest BCUT2D eigenvalue weighted by Crippen LogP contribution is 2.31. The van der Waals surface area contributed by atoms with Crippen LogP contribution < -0.4 is 5.32 Å². The van der Waals surface area contributed by atoms with Crippen LogP contribution in [-0.4, -0.2) is 23.7 Å². The molecule has 0 bridgehead atoms. The summed E-state index contributed by atoms with van der Waals surface area (Å²) in [5, 5.41) is 12.0. The zero-order valence-electron chi connectivity index (χ0n) is 7.76. The molecule has 12 heavy (non-hydrogen) atoms. The normalized spacial score (nSPS) is 36.3. The molecule has 1 fully saturated rings. The van der Waals surface area contributed by atoms with Crippen molar-refractivity contribution in [3.8, 4) is 0 Å². The highest BCUT2D eigenvalue weighted by Gasteiger charge is 2.32. The highest BCUT2D eigenvalue weighted by molar-refractivity contribution is 5.70. The molecule has 70 valence electrons. The van der Waals surface area contributed by atoms with Crippen LogP contribution in [0.5, 0.6) is 0 Å². The summed E-state index contributed by atoms with van der Waals surface area (Å²) in [7, 11) is 1.95. The van der Waals surface area contributed by atoms with Gasteiger partial charge in [0.1, 0.15) is 0 Å². The lowest BCUT2D eigenvalue weighted by Gasteiger charge is -2.35. The maximum atomic E-state index is 10.6. The number of carboxylic acid groups (broad SMARTS) is 1. The molecule has 1 aliphatic carbocycles. The molecule has 0 aromatic rings. The second-order valence-corrected chi connectivity index (χ2v) is 3.92. The number of hydrogen-bond acceptors (Lipinski definition) is 2. The second kappa shape index (κ2) is 3.44. The zero-order valence-corrected chi connectivity index (χ0v) is 7.76. The SMILES string of the molecule is CNC1(C)CCC(C(=O)O)CC1. The molecule has 1 rings (SSSR count). The van der Waals surface area contributed by atoms with Gasteiger partial charge >= 0.3 is 5.97 Å². The minimum absolute atomic E-state index is 0.105. The van der Waals surface area contributed by atoms with Crippen LogP contribution in [0.2, 0.25) is 0 Å². The van der Waals surface area contributed by atoms with Gasteiger partial charge in [0.25, 0.3) is 0 Å². The molecular formula is C9H17NO2. The summed E-state index contributed by atoms with van der Waals surface area (Å²) in [4.78, 5) is 10.6. The molecule has 0 saturated heterocycles. The Morgan fingerprint density at radius 3 is 2.33 bits per heavy atom. The Morgan fingerprint density at radius 1 is 1.50 bits per heavy atom. The van der Waals surface area contributed by atoms with Gasteiger partial charge in [0.15, 0.2) is 0 Å². The fourth-order valence-corrected chi connectivity index (χ4v) is 1.75. The van der Waals surface area contributed by atoms with E-state index in [2.05, 4.69) is 12.2 Å². The lowest BCUT2D eigenvalue weighted by atomic mass is 9.78. The summed E-state index contributed by atoms with van der Waals surface area (Å²) >= 11 is 0. The maximum Gasteiger partial charge on any atom is 0.306 e. The fraction of sp³-hybridized carbons (Fsp3) is 0.889. The molecule has 0 spiro atoms. The van der Waals surface area contributed by atoms with E-state index in [9.17, 15) is 4.79 Å². The van der Waals surface area contributed by atoms with E-state index in [1.807, 2.05) is 7.05 Å². The fourth-order valence-electron chi connectivity index (χ4n) is 1.75. The van der Waals surface area contributed by atoms with Crippen molar-refractivity contribution in [1.29, 1.82) is 0 Å². The van der Waals surface area contributed by atoms with E-state index >= 15 is 0 Å². The van der Waals surface area contributed by atoms with Crippen LogP contribution in [0.25, 0.3) is 0 Å². The van der Waals surface area contributed by atoms with E-state index < -0.39 is 5.97 Å². The van der Waals surface area contributed by atoms with E-state index in [-0.39, 0.29) is 11.5 Å². The van der Waals surface area contributed by atoms with Crippen LogP contribution in [0.3, 0.4) is 0 Å². The summed E-state index contributed by atoms with van der Waals surface area (Å²) in [5.74, 6) is -0.737. The Hall–Kier alpha value is -0.570. The van der Waals surface area contributed by atoms with Crippen molar-refractivity contribution in [1.82, 2.24) is 5.32 Å². The van der Waals surface area contributed by atoms with Crippen molar-refractivity contribution < 1.29 is 9.90 Å². The number of carboxylic acids is 1. The number of carbonyl (C=O) groups is 1. The molecule has 1 aliphatic rings. The van der Waals surface area contributed by atoms with Crippen LogP contribution in [0.1, 0.15) is 32.6 Å². The van der Waals surface area contributed by atoms with Crippen molar-refractivity contribution in [3.05, 3.63) is 0 Å². The molecule has 0 radical (unpaired) electrons. The highest BCUT2D eigenvalue weighted by atomic mass is 16.4. The third kappa shape index (κ3) is 1.97. The molecule has 1 saturated carbocycles. The largest absolute Gasteiger partial charge is 0.481 e. The summed E-state index contributed by atoms with van der Waals surface area (Å²) in [6.07, 6.45) is 3.57. The number of nitrogens with one attached hydrogen (secondary N) is 1. The molecule has 0 aromatic carbocycles. The van der Waals surface area contributed by atoms with Gasteiger partial charge in [-0.2, -0.15) is 0 Å². The van der Waals surface area contributed by atoms with Crippen molar-refractivity contribution in [2.24, 2.45) is 5.92 Å². The third-order valence-corrected chi connectivity index (χ3v) is 3.04. The quantitative estimate of drug-likeness (QED) is 0.657. The van der Waals surface area contributed by atoms with Gasteiger partial charge in [-0.15, -0.1) is 0 Å². The summed E-state index contributed by atoms with van der Waals surface area (Å²) in [5.41, 5.74) is 0.173. The first kappa shape index (κ1) is 9.52. The summed E-state index contributed by atoms with van der Waals surface area (Å²) in [6, 6.07) is 0. The van der Waals surface area contributed by atoms with Gasteiger partial charge in [0.05, 0.1) is 5.92 Å². The predicted molar refractivity (Wildman–Crippen MR) is 47.1 cm³/mol. The van der Waals surface area contributed by atoms with Crippen molar-refractivity contribution >= 4 is 5.97 Å². The molecule has 0 atom stereocenters. The van der Waals surface area contributed by atoms with E-state index in [0.717, 1.165) is 25.7 Å². The Labute approximate surface area is 73.2 Å². The number of hydrogen-bond donors (Lipinski definition) is 2. The molecule has 3 heteroatoms.